The summed E-state index contributed by atoms with van der Waals surface area (Å²) in [7, 11) is 0. The Morgan fingerprint density at radius 3 is 2.75 bits per heavy atom. The number of aromatic nitrogens is 2. The minimum Gasteiger partial charge on any atom is -0.278 e. The van der Waals surface area contributed by atoms with E-state index < -0.39 is 0 Å². The Hall–Kier alpha value is -2.15. The van der Waals surface area contributed by atoms with Crippen LogP contribution in [0.1, 0.15) is 12.0 Å². The molecular weight excluding hydrogens is 205 g/mol. The van der Waals surface area contributed by atoms with Crippen LogP contribution in [0.15, 0.2) is 30.5 Å². The van der Waals surface area contributed by atoms with Gasteiger partial charge in [0.2, 0.25) is 0 Å². The van der Waals surface area contributed by atoms with Gasteiger partial charge in [0.1, 0.15) is 5.82 Å². The van der Waals surface area contributed by atoms with Crippen LogP contribution in [0.3, 0.4) is 0 Å². The van der Waals surface area contributed by atoms with Crippen molar-refractivity contribution in [3.63, 3.8) is 0 Å². The SMILES string of the molecule is N#CCCc1cn[nH]c1-c1ccc(F)cc1. The summed E-state index contributed by atoms with van der Waals surface area (Å²) in [5.41, 5.74) is 2.72. The van der Waals surface area contributed by atoms with Crippen molar-refractivity contribution in [1.29, 1.82) is 5.26 Å². The van der Waals surface area contributed by atoms with Crippen molar-refractivity contribution in [2.45, 2.75) is 12.8 Å². The lowest BCUT2D eigenvalue weighted by Crippen LogP contribution is -1.87. The van der Waals surface area contributed by atoms with Gasteiger partial charge in [0, 0.05) is 12.0 Å². The summed E-state index contributed by atoms with van der Waals surface area (Å²) in [5.74, 6) is -0.262. The van der Waals surface area contributed by atoms with E-state index in [-0.39, 0.29) is 5.82 Å². The molecule has 0 bridgehead atoms. The van der Waals surface area contributed by atoms with E-state index in [1.165, 1.54) is 12.1 Å². The molecule has 4 heteroatoms. The maximum absolute atomic E-state index is 12.8. The topological polar surface area (TPSA) is 52.5 Å². The van der Waals surface area contributed by atoms with Crippen molar-refractivity contribution in [2.24, 2.45) is 0 Å². The molecule has 0 amide bonds. The maximum Gasteiger partial charge on any atom is 0.123 e. The predicted molar refractivity (Wildman–Crippen MR) is 57.9 cm³/mol. The van der Waals surface area contributed by atoms with Crippen LogP contribution >= 0.6 is 0 Å². The number of aryl methyl sites for hydroxylation is 1. The van der Waals surface area contributed by atoms with Gasteiger partial charge in [0.05, 0.1) is 18.0 Å². The number of hydrogen-bond acceptors (Lipinski definition) is 2. The molecule has 0 radical (unpaired) electrons. The van der Waals surface area contributed by atoms with E-state index >= 15 is 0 Å². The zero-order valence-electron chi connectivity index (χ0n) is 8.57. The maximum atomic E-state index is 12.8. The van der Waals surface area contributed by atoms with Crippen LogP contribution < -0.4 is 0 Å². The lowest BCUT2D eigenvalue weighted by molar-refractivity contribution is 0.628. The molecule has 0 spiro atoms. The molecule has 1 heterocycles. The summed E-state index contributed by atoms with van der Waals surface area (Å²) in [5, 5.41) is 15.3. The molecule has 0 aliphatic heterocycles. The molecule has 0 atom stereocenters. The van der Waals surface area contributed by atoms with E-state index in [0.29, 0.717) is 12.8 Å². The monoisotopic (exact) mass is 215 g/mol. The zero-order chi connectivity index (χ0) is 11.4. The molecule has 80 valence electrons. The quantitative estimate of drug-likeness (QED) is 0.855. The van der Waals surface area contributed by atoms with E-state index in [2.05, 4.69) is 16.3 Å². The Kier molecular flexibility index (Phi) is 2.97. The first-order valence-electron chi connectivity index (χ1n) is 4.96. The summed E-state index contributed by atoms with van der Waals surface area (Å²) in [6.45, 7) is 0. The second-order valence-electron chi connectivity index (χ2n) is 3.44. The number of nitrogens with one attached hydrogen (secondary N) is 1. The predicted octanol–water partition coefficient (Wildman–Crippen LogP) is 2.67. The minimum absolute atomic E-state index is 0.262. The third-order valence-corrected chi connectivity index (χ3v) is 2.36. The van der Waals surface area contributed by atoms with Crippen molar-refractivity contribution in [3.8, 4) is 17.3 Å². The van der Waals surface area contributed by atoms with E-state index in [9.17, 15) is 4.39 Å². The highest BCUT2D eigenvalue weighted by Gasteiger charge is 2.07. The zero-order valence-corrected chi connectivity index (χ0v) is 8.57. The molecule has 1 N–H and O–H groups in total. The molecule has 1 aromatic carbocycles. The van der Waals surface area contributed by atoms with Gasteiger partial charge in [-0.05, 0) is 36.2 Å². The molecular formula is C12H10FN3. The van der Waals surface area contributed by atoms with Crippen LogP contribution in [0.2, 0.25) is 0 Å². The molecule has 0 saturated heterocycles. The van der Waals surface area contributed by atoms with Gasteiger partial charge < -0.3 is 0 Å². The number of nitriles is 1. The van der Waals surface area contributed by atoms with E-state index in [1.807, 2.05) is 0 Å². The summed E-state index contributed by atoms with van der Waals surface area (Å²) in [4.78, 5) is 0. The third-order valence-electron chi connectivity index (χ3n) is 2.36. The molecule has 0 fully saturated rings. The molecule has 2 rings (SSSR count). The highest BCUT2D eigenvalue weighted by molar-refractivity contribution is 5.62. The third kappa shape index (κ3) is 2.09. The second kappa shape index (κ2) is 4.58. The smallest absolute Gasteiger partial charge is 0.123 e. The van der Waals surface area contributed by atoms with Crippen LogP contribution in [-0.4, -0.2) is 10.2 Å². The minimum atomic E-state index is -0.262. The van der Waals surface area contributed by atoms with Gasteiger partial charge in [0.15, 0.2) is 0 Å². The Bertz CT molecular complexity index is 508. The van der Waals surface area contributed by atoms with Gasteiger partial charge in [-0.1, -0.05) is 0 Å². The number of benzene rings is 1. The van der Waals surface area contributed by atoms with Gasteiger partial charge in [-0.2, -0.15) is 10.4 Å². The van der Waals surface area contributed by atoms with Gasteiger partial charge in [0.25, 0.3) is 0 Å². The number of hydrogen-bond donors (Lipinski definition) is 1. The van der Waals surface area contributed by atoms with Gasteiger partial charge in [-0.3, -0.25) is 5.10 Å². The molecule has 0 aliphatic rings. The van der Waals surface area contributed by atoms with Crippen LogP contribution in [0.4, 0.5) is 4.39 Å². The number of rotatable bonds is 3. The summed E-state index contributed by atoms with van der Waals surface area (Å²) in [6, 6.07) is 8.29. The fraction of sp³-hybridized carbons (Fsp3) is 0.167. The number of H-pyrrole nitrogens is 1. The highest BCUT2D eigenvalue weighted by Crippen LogP contribution is 2.22. The van der Waals surface area contributed by atoms with Gasteiger partial charge in [-0.15, -0.1) is 0 Å². The molecule has 16 heavy (non-hydrogen) atoms. The average Bonchev–Trinajstić information content (AvgIpc) is 2.75. The summed E-state index contributed by atoms with van der Waals surface area (Å²) < 4.78 is 12.8. The molecule has 3 nitrogen and oxygen atoms in total. The highest BCUT2D eigenvalue weighted by atomic mass is 19.1. The molecule has 0 unspecified atom stereocenters. The largest absolute Gasteiger partial charge is 0.278 e. The molecule has 1 aromatic heterocycles. The first-order chi connectivity index (χ1) is 7.81. The van der Waals surface area contributed by atoms with Crippen LogP contribution in [0.5, 0.6) is 0 Å². The van der Waals surface area contributed by atoms with Gasteiger partial charge in [-0.25, -0.2) is 4.39 Å². The average molecular weight is 215 g/mol. The van der Waals surface area contributed by atoms with Gasteiger partial charge >= 0.3 is 0 Å². The van der Waals surface area contributed by atoms with Crippen molar-refractivity contribution in [2.75, 3.05) is 0 Å². The van der Waals surface area contributed by atoms with Crippen molar-refractivity contribution in [3.05, 3.63) is 41.8 Å². The number of nitrogens with zero attached hydrogens (tertiary/aromatic N) is 2. The first kappa shape index (κ1) is 10.4. The first-order valence-corrected chi connectivity index (χ1v) is 4.96. The Morgan fingerprint density at radius 1 is 1.31 bits per heavy atom. The Labute approximate surface area is 92.5 Å². The lowest BCUT2D eigenvalue weighted by atomic mass is 10.1. The molecule has 0 aliphatic carbocycles. The fourth-order valence-electron chi connectivity index (χ4n) is 1.56. The van der Waals surface area contributed by atoms with Crippen molar-refractivity contribution >= 4 is 0 Å². The van der Waals surface area contributed by atoms with Crippen LogP contribution in [0.25, 0.3) is 11.3 Å². The Morgan fingerprint density at radius 2 is 2.06 bits per heavy atom. The normalized spacial score (nSPS) is 10.0. The summed E-state index contributed by atoms with van der Waals surface area (Å²) >= 11 is 0. The standard InChI is InChI=1S/C12H10FN3/c13-11-5-3-9(4-6-11)12-10(2-1-7-14)8-15-16-12/h3-6,8H,1-2H2,(H,15,16). The number of halogens is 1. The lowest BCUT2D eigenvalue weighted by Gasteiger charge is -2.01. The van der Waals surface area contributed by atoms with Crippen molar-refractivity contribution < 1.29 is 4.39 Å². The fourth-order valence-corrected chi connectivity index (χ4v) is 1.56. The van der Waals surface area contributed by atoms with Crippen LogP contribution in [0, 0.1) is 17.1 Å². The van der Waals surface area contributed by atoms with E-state index in [4.69, 9.17) is 5.26 Å². The van der Waals surface area contributed by atoms with Crippen molar-refractivity contribution in [1.82, 2.24) is 10.2 Å². The summed E-state index contributed by atoms with van der Waals surface area (Å²) in [6.07, 6.45) is 2.81. The van der Waals surface area contributed by atoms with E-state index in [0.717, 1.165) is 16.8 Å². The number of aromatic amines is 1. The Balaban J connectivity index is 2.30. The molecule has 2 aromatic rings. The molecule has 0 saturated carbocycles. The van der Waals surface area contributed by atoms with E-state index in [1.54, 1.807) is 18.3 Å². The second-order valence-corrected chi connectivity index (χ2v) is 3.44. The van der Waals surface area contributed by atoms with Crippen LogP contribution in [-0.2, 0) is 6.42 Å².